The molecule has 0 saturated carbocycles. The zero-order valence-corrected chi connectivity index (χ0v) is 47.6. The molecule has 0 atom stereocenters. The van der Waals surface area contributed by atoms with E-state index in [0.29, 0.717) is 17.5 Å². The first-order valence-electron chi connectivity index (χ1n) is 28.2. The largest absolute Gasteiger partial charge is 0.310 e. The van der Waals surface area contributed by atoms with Gasteiger partial charge < -0.3 is 9.13 Å². The summed E-state index contributed by atoms with van der Waals surface area (Å²) in [6.07, 6.45) is 0. The Kier molecular flexibility index (Phi) is 10.6. The Hall–Kier alpha value is -8.35. The van der Waals surface area contributed by atoms with E-state index in [2.05, 4.69) is 262 Å². The van der Waals surface area contributed by atoms with E-state index in [1.165, 1.54) is 105 Å². The van der Waals surface area contributed by atoms with Gasteiger partial charge in [0.15, 0.2) is 17.5 Å². The van der Waals surface area contributed by atoms with Gasteiger partial charge in [-0.05, 0) is 119 Å². The molecule has 0 aliphatic carbocycles. The van der Waals surface area contributed by atoms with Gasteiger partial charge in [-0.15, -0.1) is 0 Å². The molecule has 5 nitrogen and oxygen atoms in total. The standard InChI is InChI=1S/C73H66BN5/c1-70(2,3)50-39-54(72(7,8)9)62-52-33-47(43-25-17-13-18-26-43)35-56-65(52)78(58(62)41-50)60-37-49(69-76-67(45-29-21-15-22-30-45)75-68(77-69)46-31-23-16-24-32-46)38-61-64(60)74(56)57-36-48(44-27-19-14-20-28-44)34-53-63-55(73(10,11)12)40-51(71(4,5)6)42-59(63)79(61)66(53)57/h13-42H,1-12H3. The molecule has 0 fully saturated rings. The summed E-state index contributed by atoms with van der Waals surface area (Å²) in [6.45, 7) is 28.3. The molecule has 0 bridgehead atoms. The molecular formula is C73H66BN5. The average Bonchev–Trinajstić information content (AvgIpc) is 3.49. The number of hydrogen-bond donors (Lipinski definition) is 0. The van der Waals surface area contributed by atoms with Crippen LogP contribution in [0.4, 0.5) is 0 Å². The van der Waals surface area contributed by atoms with Crippen LogP contribution in [0, 0.1) is 0 Å². The minimum absolute atomic E-state index is 0.119. The van der Waals surface area contributed by atoms with Gasteiger partial charge in [0.05, 0.1) is 11.0 Å². The highest BCUT2D eigenvalue weighted by molar-refractivity contribution is 7.00. The number of aromatic nitrogens is 5. The van der Waals surface area contributed by atoms with E-state index in [1.54, 1.807) is 0 Å². The quantitative estimate of drug-likeness (QED) is 0.161. The maximum Gasteiger partial charge on any atom is 0.252 e. The van der Waals surface area contributed by atoms with Crippen LogP contribution >= 0.6 is 0 Å². The Balaban J connectivity index is 1.23. The highest BCUT2D eigenvalue weighted by Gasteiger charge is 2.44. The highest BCUT2D eigenvalue weighted by atomic mass is 15.1. The summed E-state index contributed by atoms with van der Waals surface area (Å²) in [4.78, 5) is 16.2. The van der Waals surface area contributed by atoms with Crippen LogP contribution in [0.15, 0.2) is 182 Å². The fraction of sp³-hybridized carbons (Fsp3) is 0.219. The van der Waals surface area contributed by atoms with Crippen LogP contribution in [0.25, 0.3) is 111 Å². The van der Waals surface area contributed by atoms with Gasteiger partial charge in [0, 0.05) is 60.6 Å². The van der Waals surface area contributed by atoms with Crippen molar-refractivity contribution in [3.8, 4) is 67.8 Å². The second-order valence-electron chi connectivity index (χ2n) is 26.6. The number of hydrogen-bond acceptors (Lipinski definition) is 3. The lowest BCUT2D eigenvalue weighted by Crippen LogP contribution is -2.59. The Bertz CT molecular complexity index is 4200. The van der Waals surface area contributed by atoms with Gasteiger partial charge in [0.1, 0.15) is 0 Å². The van der Waals surface area contributed by atoms with Gasteiger partial charge in [0.25, 0.3) is 6.71 Å². The topological polar surface area (TPSA) is 48.5 Å². The average molecular weight is 1020 g/mol. The van der Waals surface area contributed by atoms with Crippen LogP contribution in [-0.4, -0.2) is 30.8 Å². The molecule has 0 spiro atoms. The van der Waals surface area contributed by atoms with Crippen LogP contribution in [0.2, 0.25) is 0 Å². The molecule has 6 heteroatoms. The molecule has 79 heavy (non-hydrogen) atoms. The molecule has 3 aromatic heterocycles. The molecule has 9 aromatic carbocycles. The van der Waals surface area contributed by atoms with Crippen LogP contribution in [-0.2, 0) is 21.7 Å². The molecule has 0 unspecified atom stereocenters. The van der Waals surface area contributed by atoms with Crippen molar-refractivity contribution in [1.29, 1.82) is 0 Å². The van der Waals surface area contributed by atoms with Crippen molar-refractivity contribution in [1.82, 2.24) is 24.1 Å². The van der Waals surface area contributed by atoms with Gasteiger partial charge in [-0.1, -0.05) is 229 Å². The Morgan fingerprint density at radius 3 is 1.01 bits per heavy atom. The molecular weight excluding hydrogens is 958 g/mol. The monoisotopic (exact) mass is 1020 g/mol. The fourth-order valence-corrected chi connectivity index (χ4v) is 13.0. The molecule has 5 heterocycles. The predicted octanol–water partition coefficient (Wildman–Crippen LogP) is 16.7. The van der Waals surface area contributed by atoms with Crippen LogP contribution < -0.4 is 16.4 Å². The lowest BCUT2D eigenvalue weighted by atomic mass is 9.34. The SMILES string of the molecule is CC(C)(C)c1cc(C(C)(C)C)c2c3cc(-c4ccccc4)cc4c3n(c2c1)-c1cc(-c2nc(-c3ccccc3)nc(-c3ccccc3)n2)cc2c1B4c1cc(-c3ccccc3)cc3c4c(C(C)(C)C)cc(C(C)(C)C)cc4n-2c13. The van der Waals surface area contributed by atoms with Crippen molar-refractivity contribution >= 4 is 66.7 Å². The van der Waals surface area contributed by atoms with Crippen LogP contribution in [0.3, 0.4) is 0 Å². The molecule has 14 rings (SSSR count). The number of rotatable bonds is 5. The zero-order valence-electron chi connectivity index (χ0n) is 47.6. The van der Waals surface area contributed by atoms with Crippen LogP contribution in [0.1, 0.15) is 105 Å². The Morgan fingerprint density at radius 1 is 0.329 bits per heavy atom. The van der Waals surface area contributed by atoms with Gasteiger partial charge in [-0.3, -0.25) is 0 Å². The summed E-state index contributed by atoms with van der Waals surface area (Å²) in [6, 6.07) is 67.8. The van der Waals surface area contributed by atoms with Crippen molar-refractivity contribution in [3.05, 3.63) is 204 Å². The van der Waals surface area contributed by atoms with Gasteiger partial charge in [-0.2, -0.15) is 0 Å². The third-order valence-electron chi connectivity index (χ3n) is 17.0. The summed E-state index contributed by atoms with van der Waals surface area (Å²) in [5.74, 6) is 1.92. The molecule has 0 saturated heterocycles. The van der Waals surface area contributed by atoms with Crippen molar-refractivity contribution in [2.75, 3.05) is 0 Å². The van der Waals surface area contributed by atoms with E-state index in [0.717, 1.165) is 28.1 Å². The highest BCUT2D eigenvalue weighted by Crippen LogP contribution is 2.48. The molecule has 0 N–H and O–H groups in total. The van der Waals surface area contributed by atoms with E-state index in [-0.39, 0.29) is 28.4 Å². The fourth-order valence-electron chi connectivity index (χ4n) is 13.0. The van der Waals surface area contributed by atoms with Crippen molar-refractivity contribution in [2.24, 2.45) is 0 Å². The van der Waals surface area contributed by atoms with E-state index in [4.69, 9.17) is 15.0 Å². The lowest BCUT2D eigenvalue weighted by molar-refractivity contribution is 0.572. The summed E-state index contributed by atoms with van der Waals surface area (Å²) in [5.41, 5.74) is 23.6. The molecule has 2 aliphatic rings. The minimum atomic E-state index is -0.172. The smallest absolute Gasteiger partial charge is 0.252 e. The first kappa shape index (κ1) is 49.0. The first-order valence-corrected chi connectivity index (χ1v) is 28.2. The van der Waals surface area contributed by atoms with Crippen molar-refractivity contribution in [2.45, 2.75) is 105 Å². The van der Waals surface area contributed by atoms with E-state index in [9.17, 15) is 0 Å². The minimum Gasteiger partial charge on any atom is -0.310 e. The Labute approximate surface area is 465 Å². The Morgan fingerprint density at radius 2 is 0.671 bits per heavy atom. The third-order valence-corrected chi connectivity index (χ3v) is 17.0. The van der Waals surface area contributed by atoms with E-state index in [1.807, 2.05) is 12.1 Å². The normalized spacial score (nSPS) is 13.3. The maximum atomic E-state index is 5.48. The number of fused-ring (bicyclic) bond motifs is 10. The van der Waals surface area contributed by atoms with E-state index < -0.39 is 0 Å². The molecule has 386 valence electrons. The molecule has 0 radical (unpaired) electrons. The van der Waals surface area contributed by atoms with Crippen LogP contribution in [0.5, 0.6) is 0 Å². The van der Waals surface area contributed by atoms with Gasteiger partial charge in [0.2, 0.25) is 0 Å². The second kappa shape index (κ2) is 17.1. The summed E-state index contributed by atoms with van der Waals surface area (Å²) in [5, 5.41) is 5.17. The molecule has 12 aromatic rings. The predicted molar refractivity (Wildman–Crippen MR) is 335 cm³/mol. The summed E-state index contributed by atoms with van der Waals surface area (Å²) >= 11 is 0. The van der Waals surface area contributed by atoms with Crippen molar-refractivity contribution < 1.29 is 0 Å². The maximum absolute atomic E-state index is 5.48. The van der Waals surface area contributed by atoms with Gasteiger partial charge >= 0.3 is 0 Å². The second-order valence-corrected chi connectivity index (χ2v) is 26.6. The lowest BCUT2D eigenvalue weighted by Gasteiger charge is -2.35. The molecule has 2 aliphatic heterocycles. The molecule has 0 amide bonds. The summed E-state index contributed by atoms with van der Waals surface area (Å²) < 4.78 is 5.32. The number of benzene rings is 9. The zero-order chi connectivity index (χ0) is 54.7. The first-order chi connectivity index (χ1) is 37.7. The van der Waals surface area contributed by atoms with Crippen molar-refractivity contribution in [3.63, 3.8) is 0 Å². The summed E-state index contributed by atoms with van der Waals surface area (Å²) in [7, 11) is 0. The van der Waals surface area contributed by atoms with E-state index >= 15 is 0 Å². The van der Waals surface area contributed by atoms with Gasteiger partial charge in [-0.25, -0.2) is 15.0 Å². The number of nitrogens with zero attached hydrogens (tertiary/aromatic N) is 5. The third kappa shape index (κ3) is 7.69.